The predicted octanol–water partition coefficient (Wildman–Crippen LogP) is 8.25. The maximum absolute atomic E-state index is 13.3. The SMILES string of the molecule is CCON=C(COc1ccc(CC(OCC)C(=O)OC(=O)C(Cc2ccc(OCC(=NOCC)c3nc4ccccc4s3)cc2)OCC)cc1)c1ccc(Cl)cc1. The van der Waals surface area contributed by atoms with Crippen molar-refractivity contribution in [2.24, 2.45) is 10.3 Å². The highest BCUT2D eigenvalue weighted by Crippen LogP contribution is 2.24. The average molecular weight is 816 g/mol. The highest BCUT2D eigenvalue weighted by molar-refractivity contribution is 7.20. The molecule has 0 aliphatic carbocycles. The Morgan fingerprint density at radius 3 is 1.67 bits per heavy atom. The molecular formula is C43H46ClN3O9S. The van der Waals surface area contributed by atoms with Gasteiger partial charge in [0.1, 0.15) is 48.6 Å². The van der Waals surface area contributed by atoms with Crippen LogP contribution in [0.25, 0.3) is 10.2 Å². The van der Waals surface area contributed by atoms with Gasteiger partial charge in [-0.15, -0.1) is 11.3 Å². The summed E-state index contributed by atoms with van der Waals surface area (Å²) in [6.07, 6.45) is -1.67. The summed E-state index contributed by atoms with van der Waals surface area (Å²) in [6.45, 7) is 8.86. The summed E-state index contributed by atoms with van der Waals surface area (Å²) in [4.78, 5) is 41.8. The lowest BCUT2D eigenvalue weighted by molar-refractivity contribution is -0.175. The third-order valence-corrected chi connectivity index (χ3v) is 9.57. The molecule has 0 fully saturated rings. The molecule has 14 heteroatoms. The Hall–Kier alpha value is -5.34. The van der Waals surface area contributed by atoms with Gasteiger partial charge in [-0.1, -0.05) is 70.4 Å². The molecule has 2 unspecified atom stereocenters. The number of rotatable bonds is 22. The van der Waals surface area contributed by atoms with E-state index in [1.165, 1.54) is 11.3 Å². The number of carbonyl (C=O) groups is 2. The number of oxime groups is 2. The van der Waals surface area contributed by atoms with Crippen molar-refractivity contribution in [1.82, 2.24) is 4.98 Å². The summed E-state index contributed by atoms with van der Waals surface area (Å²) in [6, 6.07) is 29.6. The number of esters is 2. The van der Waals surface area contributed by atoms with Gasteiger partial charge in [-0.2, -0.15) is 0 Å². The van der Waals surface area contributed by atoms with Crippen molar-refractivity contribution in [3.8, 4) is 11.5 Å². The number of hydrogen-bond acceptors (Lipinski definition) is 13. The first-order chi connectivity index (χ1) is 27.8. The Balaban J connectivity index is 1.14. The molecule has 4 aromatic carbocycles. The van der Waals surface area contributed by atoms with E-state index in [0.29, 0.717) is 46.2 Å². The summed E-state index contributed by atoms with van der Waals surface area (Å²) in [7, 11) is 0. The number of nitrogens with zero attached hydrogens (tertiary/aromatic N) is 3. The minimum atomic E-state index is -1.02. The molecule has 0 aliphatic rings. The van der Waals surface area contributed by atoms with Crippen LogP contribution in [-0.4, -0.2) is 80.2 Å². The van der Waals surface area contributed by atoms with E-state index >= 15 is 0 Å². The van der Waals surface area contributed by atoms with Crippen LogP contribution in [0.2, 0.25) is 5.02 Å². The van der Waals surface area contributed by atoms with E-state index in [4.69, 9.17) is 45.0 Å². The van der Waals surface area contributed by atoms with E-state index in [1.807, 2.05) is 74.5 Å². The topological polar surface area (TPSA) is 136 Å². The van der Waals surface area contributed by atoms with Gasteiger partial charge in [-0.3, -0.25) is 0 Å². The van der Waals surface area contributed by atoms with Gasteiger partial charge < -0.3 is 33.4 Å². The molecule has 300 valence electrons. The van der Waals surface area contributed by atoms with E-state index in [1.54, 1.807) is 50.2 Å². The largest absolute Gasteiger partial charge is 0.487 e. The smallest absolute Gasteiger partial charge is 0.343 e. The standard InChI is InChI=1S/C43H46ClN3O9S/c1-5-50-38(25-29-13-21-33(22-14-29)52-27-36(46-54-7-3)31-17-19-32(44)20-18-31)42(48)56-43(49)39(51-6-2)26-30-15-23-34(24-16-30)53-28-37(47-55-8-4)41-45-35-11-9-10-12-40(35)57-41/h9-24,38-39H,5-8,25-28H2,1-4H3. The Labute approximate surface area is 341 Å². The van der Waals surface area contributed by atoms with Crippen LogP contribution in [0.3, 0.4) is 0 Å². The Kier molecular flexibility index (Phi) is 16.8. The van der Waals surface area contributed by atoms with Crippen LogP contribution in [0.1, 0.15) is 49.4 Å². The van der Waals surface area contributed by atoms with Crippen LogP contribution in [0.5, 0.6) is 11.5 Å². The minimum absolute atomic E-state index is 0.143. The first-order valence-electron chi connectivity index (χ1n) is 18.7. The highest BCUT2D eigenvalue weighted by atomic mass is 35.5. The van der Waals surface area contributed by atoms with Crippen LogP contribution in [0, 0.1) is 0 Å². The third-order valence-electron chi connectivity index (χ3n) is 8.23. The zero-order valence-corrected chi connectivity index (χ0v) is 33.9. The number of aromatic nitrogens is 1. The van der Waals surface area contributed by atoms with E-state index < -0.39 is 24.1 Å². The molecule has 0 radical (unpaired) electrons. The zero-order chi connectivity index (χ0) is 40.4. The van der Waals surface area contributed by atoms with E-state index in [0.717, 1.165) is 26.9 Å². The Morgan fingerprint density at radius 2 is 1.16 bits per heavy atom. The van der Waals surface area contributed by atoms with Gasteiger partial charge in [0.25, 0.3) is 0 Å². The Bertz CT molecular complexity index is 2060. The summed E-state index contributed by atoms with van der Waals surface area (Å²) in [5.41, 5.74) is 4.45. The second kappa shape index (κ2) is 22.4. The van der Waals surface area contributed by atoms with Gasteiger partial charge in [0.15, 0.2) is 17.9 Å². The van der Waals surface area contributed by atoms with Crippen molar-refractivity contribution in [3.63, 3.8) is 0 Å². The van der Waals surface area contributed by atoms with Crippen LogP contribution >= 0.6 is 22.9 Å². The maximum atomic E-state index is 13.3. The summed E-state index contributed by atoms with van der Waals surface area (Å²) in [5, 5.41) is 9.77. The van der Waals surface area contributed by atoms with Gasteiger partial charge >= 0.3 is 11.9 Å². The lowest BCUT2D eigenvalue weighted by Gasteiger charge is -2.19. The quantitative estimate of drug-likeness (QED) is 0.0291. The lowest BCUT2D eigenvalue weighted by Crippen LogP contribution is -2.36. The normalized spacial score (nSPS) is 12.9. The monoisotopic (exact) mass is 815 g/mol. The molecular weight excluding hydrogens is 770 g/mol. The van der Waals surface area contributed by atoms with Crippen molar-refractivity contribution >= 4 is 56.5 Å². The zero-order valence-electron chi connectivity index (χ0n) is 32.4. The second-order valence-corrected chi connectivity index (χ2v) is 13.8. The van der Waals surface area contributed by atoms with Gasteiger partial charge in [0.2, 0.25) is 0 Å². The number of thiazole rings is 1. The fourth-order valence-corrected chi connectivity index (χ4v) is 6.50. The number of ether oxygens (including phenoxy) is 5. The summed E-state index contributed by atoms with van der Waals surface area (Å²) < 4.78 is 29.8. The van der Waals surface area contributed by atoms with Crippen molar-refractivity contribution in [2.45, 2.75) is 52.7 Å². The number of para-hydroxylation sites is 1. The lowest BCUT2D eigenvalue weighted by atomic mass is 10.1. The molecule has 0 spiro atoms. The average Bonchev–Trinajstić information content (AvgIpc) is 3.66. The van der Waals surface area contributed by atoms with Crippen LogP contribution in [-0.2, 0) is 46.3 Å². The second-order valence-electron chi connectivity index (χ2n) is 12.3. The molecule has 1 aromatic heterocycles. The van der Waals surface area contributed by atoms with Crippen molar-refractivity contribution < 1.29 is 42.9 Å². The fourth-order valence-electron chi connectivity index (χ4n) is 5.44. The van der Waals surface area contributed by atoms with E-state index in [-0.39, 0.29) is 39.3 Å². The van der Waals surface area contributed by atoms with E-state index in [9.17, 15) is 9.59 Å². The van der Waals surface area contributed by atoms with Crippen molar-refractivity contribution in [1.29, 1.82) is 0 Å². The molecule has 2 atom stereocenters. The van der Waals surface area contributed by atoms with Crippen LogP contribution < -0.4 is 9.47 Å². The number of carbonyl (C=O) groups excluding carboxylic acids is 2. The number of fused-ring (bicyclic) bond motifs is 1. The van der Waals surface area contributed by atoms with Crippen LogP contribution in [0.15, 0.2) is 107 Å². The predicted molar refractivity (Wildman–Crippen MR) is 221 cm³/mol. The molecule has 5 aromatic rings. The molecule has 0 saturated heterocycles. The highest BCUT2D eigenvalue weighted by Gasteiger charge is 2.29. The van der Waals surface area contributed by atoms with Crippen molar-refractivity contribution in [3.05, 3.63) is 124 Å². The summed E-state index contributed by atoms with van der Waals surface area (Å²) >= 11 is 7.56. The molecule has 0 bridgehead atoms. The first-order valence-corrected chi connectivity index (χ1v) is 19.9. The molecule has 1 heterocycles. The van der Waals surface area contributed by atoms with Gasteiger partial charge in [-0.05, 0) is 87.4 Å². The third kappa shape index (κ3) is 13.1. The fraction of sp³-hybridized carbons (Fsp3) is 0.326. The molecule has 12 nitrogen and oxygen atoms in total. The molecule has 0 amide bonds. The molecule has 0 N–H and O–H groups in total. The molecule has 0 saturated carbocycles. The first kappa shape index (κ1) is 42.8. The molecule has 5 rings (SSSR count). The maximum Gasteiger partial charge on any atom is 0.343 e. The molecule has 0 aliphatic heterocycles. The van der Waals surface area contributed by atoms with Gasteiger partial charge in [0.05, 0.1) is 10.2 Å². The van der Waals surface area contributed by atoms with Crippen LogP contribution in [0.4, 0.5) is 0 Å². The van der Waals surface area contributed by atoms with Gasteiger partial charge in [0, 0.05) is 36.6 Å². The van der Waals surface area contributed by atoms with Crippen molar-refractivity contribution in [2.75, 3.05) is 39.6 Å². The minimum Gasteiger partial charge on any atom is -0.487 e. The number of benzene rings is 4. The molecule has 57 heavy (non-hydrogen) atoms. The number of halogens is 1. The Morgan fingerprint density at radius 1 is 0.649 bits per heavy atom. The van der Waals surface area contributed by atoms with Gasteiger partial charge in [-0.25, -0.2) is 14.6 Å². The van der Waals surface area contributed by atoms with E-state index in [2.05, 4.69) is 15.3 Å². The number of hydrogen-bond donors (Lipinski definition) is 0. The summed E-state index contributed by atoms with van der Waals surface area (Å²) in [5.74, 6) is -0.417.